The van der Waals surface area contributed by atoms with Crippen molar-refractivity contribution in [3.05, 3.63) is 12.2 Å². The minimum atomic E-state index is -0.242. The zero-order valence-corrected chi connectivity index (χ0v) is 13.0. The van der Waals surface area contributed by atoms with Crippen LogP contribution in [0.1, 0.15) is 78.6 Å². The van der Waals surface area contributed by atoms with Gasteiger partial charge in [0.2, 0.25) is 0 Å². The standard InChI is InChI=1S/C17H30O2/c1-14(2)13-17(19-16(18)15(3)4)11-9-7-5-6-8-10-12-17/h14H,3,5-13H2,1-2,4H3. The summed E-state index contributed by atoms with van der Waals surface area (Å²) in [7, 11) is 0. The highest BCUT2D eigenvalue weighted by Gasteiger charge is 2.34. The molecule has 1 aliphatic carbocycles. The van der Waals surface area contributed by atoms with Gasteiger partial charge in [-0.25, -0.2) is 4.79 Å². The van der Waals surface area contributed by atoms with Crippen molar-refractivity contribution in [1.82, 2.24) is 0 Å². The molecule has 0 spiro atoms. The monoisotopic (exact) mass is 266 g/mol. The van der Waals surface area contributed by atoms with Crippen LogP contribution in [0, 0.1) is 5.92 Å². The third-order valence-electron chi connectivity index (χ3n) is 3.95. The minimum absolute atomic E-state index is 0.208. The second-order valence-electron chi connectivity index (χ2n) is 6.57. The maximum atomic E-state index is 12.0. The van der Waals surface area contributed by atoms with Crippen LogP contribution in [0.5, 0.6) is 0 Å². The molecule has 1 rings (SSSR count). The molecule has 0 aromatic rings. The molecule has 0 aromatic carbocycles. The average Bonchev–Trinajstić information content (AvgIpc) is 2.41. The van der Waals surface area contributed by atoms with Gasteiger partial charge in [-0.05, 0) is 44.9 Å². The van der Waals surface area contributed by atoms with E-state index in [2.05, 4.69) is 20.4 Å². The quantitative estimate of drug-likeness (QED) is 0.527. The van der Waals surface area contributed by atoms with Crippen molar-refractivity contribution in [2.75, 3.05) is 0 Å². The maximum absolute atomic E-state index is 12.0. The van der Waals surface area contributed by atoms with E-state index >= 15 is 0 Å². The summed E-state index contributed by atoms with van der Waals surface area (Å²) < 4.78 is 5.90. The van der Waals surface area contributed by atoms with Gasteiger partial charge in [-0.15, -0.1) is 0 Å². The van der Waals surface area contributed by atoms with Crippen molar-refractivity contribution in [1.29, 1.82) is 0 Å². The first-order valence-electron chi connectivity index (χ1n) is 7.84. The molecular weight excluding hydrogens is 236 g/mol. The highest BCUT2D eigenvalue weighted by atomic mass is 16.6. The highest BCUT2D eigenvalue weighted by molar-refractivity contribution is 5.87. The zero-order chi connectivity index (χ0) is 14.3. The molecule has 0 heterocycles. The molecule has 2 heteroatoms. The van der Waals surface area contributed by atoms with E-state index in [1.54, 1.807) is 6.92 Å². The van der Waals surface area contributed by atoms with Crippen LogP contribution in [0.3, 0.4) is 0 Å². The maximum Gasteiger partial charge on any atom is 0.333 e. The van der Waals surface area contributed by atoms with E-state index in [1.165, 1.54) is 38.5 Å². The summed E-state index contributed by atoms with van der Waals surface area (Å²) in [6.07, 6.45) is 10.6. The summed E-state index contributed by atoms with van der Waals surface area (Å²) >= 11 is 0. The number of carbonyl (C=O) groups excluding carboxylic acids is 1. The van der Waals surface area contributed by atoms with Gasteiger partial charge in [-0.2, -0.15) is 0 Å². The predicted molar refractivity (Wildman–Crippen MR) is 80.0 cm³/mol. The molecule has 2 nitrogen and oxygen atoms in total. The molecule has 0 bridgehead atoms. The summed E-state index contributed by atoms with van der Waals surface area (Å²) in [6, 6.07) is 0. The van der Waals surface area contributed by atoms with Crippen LogP contribution in [0.15, 0.2) is 12.2 Å². The van der Waals surface area contributed by atoms with Gasteiger partial charge in [0.05, 0.1) is 0 Å². The van der Waals surface area contributed by atoms with E-state index in [9.17, 15) is 4.79 Å². The SMILES string of the molecule is C=C(C)C(=O)OC1(CC(C)C)CCCCCCCC1. The molecule has 0 saturated heterocycles. The second-order valence-corrected chi connectivity index (χ2v) is 6.57. The summed E-state index contributed by atoms with van der Waals surface area (Å²) in [5, 5.41) is 0. The third-order valence-corrected chi connectivity index (χ3v) is 3.95. The van der Waals surface area contributed by atoms with Gasteiger partial charge in [0.15, 0.2) is 0 Å². The first-order valence-corrected chi connectivity index (χ1v) is 7.84. The summed E-state index contributed by atoms with van der Waals surface area (Å²) in [5.41, 5.74) is 0.275. The van der Waals surface area contributed by atoms with Crippen molar-refractivity contribution < 1.29 is 9.53 Å². The Morgan fingerprint density at radius 1 is 1.11 bits per heavy atom. The lowest BCUT2D eigenvalue weighted by Crippen LogP contribution is -2.37. The Bertz CT molecular complexity index is 294. The fraction of sp³-hybridized carbons (Fsp3) is 0.824. The Kier molecular flexibility index (Phi) is 6.60. The van der Waals surface area contributed by atoms with Crippen LogP contribution in [-0.2, 0) is 9.53 Å². The van der Waals surface area contributed by atoms with Crippen LogP contribution >= 0.6 is 0 Å². The number of rotatable bonds is 4. The van der Waals surface area contributed by atoms with E-state index in [0.29, 0.717) is 11.5 Å². The van der Waals surface area contributed by atoms with Gasteiger partial charge in [0, 0.05) is 5.57 Å². The largest absolute Gasteiger partial charge is 0.456 e. The van der Waals surface area contributed by atoms with E-state index in [-0.39, 0.29) is 11.6 Å². The summed E-state index contributed by atoms with van der Waals surface area (Å²) in [6.45, 7) is 9.88. The van der Waals surface area contributed by atoms with E-state index in [1.807, 2.05) is 0 Å². The smallest absolute Gasteiger partial charge is 0.333 e. The van der Waals surface area contributed by atoms with Crippen LogP contribution in [0.2, 0.25) is 0 Å². The summed E-state index contributed by atoms with van der Waals surface area (Å²) in [5.74, 6) is 0.346. The van der Waals surface area contributed by atoms with Crippen LogP contribution in [0.4, 0.5) is 0 Å². The van der Waals surface area contributed by atoms with Crippen molar-refractivity contribution >= 4 is 5.97 Å². The van der Waals surface area contributed by atoms with E-state index in [4.69, 9.17) is 4.74 Å². The van der Waals surface area contributed by atoms with Crippen molar-refractivity contribution in [3.8, 4) is 0 Å². The molecule has 0 radical (unpaired) electrons. The van der Waals surface area contributed by atoms with Crippen molar-refractivity contribution in [3.63, 3.8) is 0 Å². The normalized spacial score (nSPS) is 20.2. The number of carbonyl (C=O) groups is 1. The third kappa shape index (κ3) is 5.80. The van der Waals surface area contributed by atoms with Gasteiger partial charge in [0.25, 0.3) is 0 Å². The fourth-order valence-corrected chi connectivity index (χ4v) is 3.10. The molecule has 0 N–H and O–H groups in total. The molecular formula is C17H30O2. The Morgan fingerprint density at radius 3 is 2.00 bits per heavy atom. The lowest BCUT2D eigenvalue weighted by atomic mass is 9.83. The zero-order valence-electron chi connectivity index (χ0n) is 13.0. The van der Waals surface area contributed by atoms with Crippen molar-refractivity contribution in [2.24, 2.45) is 5.92 Å². The van der Waals surface area contributed by atoms with Crippen molar-refractivity contribution in [2.45, 2.75) is 84.2 Å². The second kappa shape index (κ2) is 7.72. The minimum Gasteiger partial charge on any atom is -0.456 e. The molecule has 0 aliphatic heterocycles. The van der Waals surface area contributed by atoms with E-state index < -0.39 is 0 Å². The average molecular weight is 266 g/mol. The van der Waals surface area contributed by atoms with Crippen LogP contribution in [-0.4, -0.2) is 11.6 Å². The number of hydrogen-bond donors (Lipinski definition) is 0. The topological polar surface area (TPSA) is 26.3 Å². The summed E-state index contributed by atoms with van der Waals surface area (Å²) in [4.78, 5) is 12.0. The lowest BCUT2D eigenvalue weighted by molar-refractivity contribution is -0.158. The highest BCUT2D eigenvalue weighted by Crippen LogP contribution is 2.35. The fourth-order valence-electron chi connectivity index (χ4n) is 3.10. The van der Waals surface area contributed by atoms with Gasteiger partial charge in [-0.1, -0.05) is 46.1 Å². The molecule has 19 heavy (non-hydrogen) atoms. The number of hydrogen-bond acceptors (Lipinski definition) is 2. The van der Waals surface area contributed by atoms with Crippen LogP contribution < -0.4 is 0 Å². The lowest BCUT2D eigenvalue weighted by Gasteiger charge is -2.35. The molecule has 110 valence electrons. The molecule has 0 atom stereocenters. The van der Waals surface area contributed by atoms with Gasteiger partial charge < -0.3 is 4.74 Å². The number of esters is 1. The molecule has 1 aliphatic rings. The molecule has 0 amide bonds. The first-order chi connectivity index (χ1) is 8.95. The van der Waals surface area contributed by atoms with Gasteiger partial charge in [0.1, 0.15) is 5.60 Å². The predicted octanol–water partition coefficient (Wildman–Crippen LogP) is 5.03. The molecule has 1 saturated carbocycles. The van der Waals surface area contributed by atoms with Crippen LogP contribution in [0.25, 0.3) is 0 Å². The van der Waals surface area contributed by atoms with Gasteiger partial charge in [-0.3, -0.25) is 0 Å². The Hall–Kier alpha value is -0.790. The molecule has 0 aromatic heterocycles. The Balaban J connectivity index is 2.80. The Morgan fingerprint density at radius 2 is 1.58 bits per heavy atom. The molecule has 1 fully saturated rings. The van der Waals surface area contributed by atoms with Gasteiger partial charge >= 0.3 is 5.97 Å². The first kappa shape index (κ1) is 16.3. The molecule has 0 unspecified atom stereocenters. The van der Waals surface area contributed by atoms with E-state index in [0.717, 1.165) is 19.3 Å². The number of ether oxygens (including phenoxy) is 1. The Labute approximate surface area is 118 Å².